The van der Waals surface area contributed by atoms with Gasteiger partial charge in [0.05, 0.1) is 13.2 Å². The van der Waals surface area contributed by atoms with Crippen molar-refractivity contribution in [2.75, 3.05) is 18.5 Å². The van der Waals surface area contributed by atoms with Crippen molar-refractivity contribution in [2.45, 2.75) is 37.2 Å². The summed E-state index contributed by atoms with van der Waals surface area (Å²) in [5, 5.41) is 8.69. The molecule has 1 unspecified atom stereocenters. The molecular formula is C24H24N4O3S. The highest BCUT2D eigenvalue weighted by molar-refractivity contribution is 7.98. The van der Waals surface area contributed by atoms with E-state index in [1.54, 1.807) is 23.4 Å². The van der Waals surface area contributed by atoms with E-state index >= 15 is 0 Å². The first-order chi connectivity index (χ1) is 15.6. The summed E-state index contributed by atoms with van der Waals surface area (Å²) in [7, 11) is 0. The minimum absolute atomic E-state index is 0.00764. The lowest BCUT2D eigenvalue weighted by molar-refractivity contribution is -0.114. The van der Waals surface area contributed by atoms with Gasteiger partial charge in [-0.25, -0.2) is 4.68 Å². The number of hydrogen-bond donors (Lipinski definition) is 1. The largest absolute Gasteiger partial charge is 0.490 e. The first-order valence-electron chi connectivity index (χ1n) is 10.6. The number of allylic oxidation sites excluding steroid dienone is 2. The molecule has 32 heavy (non-hydrogen) atoms. The van der Waals surface area contributed by atoms with Gasteiger partial charge < -0.3 is 14.8 Å². The van der Waals surface area contributed by atoms with E-state index in [0.717, 1.165) is 29.2 Å². The van der Waals surface area contributed by atoms with Crippen molar-refractivity contribution >= 4 is 23.5 Å². The summed E-state index contributed by atoms with van der Waals surface area (Å²) in [6, 6.07) is 15.7. The van der Waals surface area contributed by atoms with Crippen LogP contribution in [0.2, 0.25) is 0 Å². The molecule has 164 valence electrons. The van der Waals surface area contributed by atoms with E-state index in [-0.39, 0.29) is 11.8 Å². The quantitative estimate of drug-likeness (QED) is 0.571. The van der Waals surface area contributed by atoms with Crippen LogP contribution >= 0.6 is 11.8 Å². The minimum Gasteiger partial charge on any atom is -0.490 e. The second-order valence-corrected chi connectivity index (χ2v) is 8.76. The molecule has 2 aliphatic heterocycles. The number of nitrogens with zero attached hydrogens (tertiary/aromatic N) is 3. The van der Waals surface area contributed by atoms with Gasteiger partial charge in [0, 0.05) is 23.4 Å². The number of hydrogen-bond acceptors (Lipinski definition) is 7. The van der Waals surface area contributed by atoms with Gasteiger partial charge in [0.1, 0.15) is 6.04 Å². The van der Waals surface area contributed by atoms with Gasteiger partial charge in [-0.05, 0) is 37.1 Å². The molecule has 8 heteroatoms. The molecule has 0 saturated heterocycles. The molecule has 1 atom stereocenters. The first kappa shape index (κ1) is 20.6. The van der Waals surface area contributed by atoms with Gasteiger partial charge in [0.25, 0.3) is 0 Å². The van der Waals surface area contributed by atoms with E-state index in [9.17, 15) is 4.79 Å². The van der Waals surface area contributed by atoms with Crippen LogP contribution < -0.4 is 14.8 Å². The van der Waals surface area contributed by atoms with Crippen molar-refractivity contribution in [3.8, 4) is 11.5 Å². The number of Topliss-reactive ketones (excluding diaryl/α,β-unsaturated/α-hetero) is 1. The smallest absolute Gasteiger partial charge is 0.227 e. The van der Waals surface area contributed by atoms with Crippen LogP contribution in [0, 0.1) is 0 Å². The number of anilines is 1. The Morgan fingerprint density at radius 2 is 1.94 bits per heavy atom. The van der Waals surface area contributed by atoms with Crippen molar-refractivity contribution in [1.82, 2.24) is 14.8 Å². The fourth-order valence-electron chi connectivity index (χ4n) is 4.03. The molecule has 1 N–H and O–H groups in total. The minimum atomic E-state index is -0.389. The molecule has 0 bridgehead atoms. The highest BCUT2D eigenvalue weighted by Crippen LogP contribution is 2.40. The number of ether oxygens (including phenoxy) is 2. The van der Waals surface area contributed by atoms with E-state index in [0.29, 0.717) is 35.6 Å². The summed E-state index contributed by atoms with van der Waals surface area (Å²) in [4.78, 5) is 17.3. The Labute approximate surface area is 190 Å². The van der Waals surface area contributed by atoms with E-state index in [2.05, 4.69) is 17.4 Å². The van der Waals surface area contributed by atoms with E-state index in [1.165, 1.54) is 5.56 Å². The van der Waals surface area contributed by atoms with Gasteiger partial charge >= 0.3 is 0 Å². The third kappa shape index (κ3) is 3.98. The summed E-state index contributed by atoms with van der Waals surface area (Å²) in [5.41, 5.74) is 3.56. The van der Waals surface area contributed by atoms with Crippen molar-refractivity contribution in [3.63, 3.8) is 0 Å². The average Bonchev–Trinajstić information content (AvgIpc) is 3.04. The molecule has 0 fully saturated rings. The Kier molecular flexibility index (Phi) is 5.61. The Morgan fingerprint density at radius 3 is 2.72 bits per heavy atom. The Bertz CT molecular complexity index is 1190. The zero-order valence-corrected chi connectivity index (χ0v) is 18.8. The standard InChI is InChI=1S/C24H24N4O3S/c1-15-21(16(2)29)22(18-9-10-19-20(13-18)31-12-6-11-30-19)28-23(25-15)26-24(27-28)32-14-17-7-4-3-5-8-17/h3-5,7-10,13,22H,6,11-12,14H2,1-2H3,(H,25,26,27). The summed E-state index contributed by atoms with van der Waals surface area (Å²) in [5.74, 6) is 2.81. The average molecular weight is 449 g/mol. The van der Waals surface area contributed by atoms with Gasteiger partial charge in [0.2, 0.25) is 11.1 Å². The van der Waals surface area contributed by atoms with Crippen LogP contribution in [0.3, 0.4) is 0 Å². The number of ketones is 1. The van der Waals surface area contributed by atoms with Gasteiger partial charge in [0.15, 0.2) is 17.3 Å². The molecule has 3 aromatic rings. The van der Waals surface area contributed by atoms with Crippen LogP contribution in [0.5, 0.6) is 11.5 Å². The van der Waals surface area contributed by atoms with Crippen LogP contribution in [0.25, 0.3) is 0 Å². The normalized spacial score (nSPS) is 17.4. The van der Waals surface area contributed by atoms with Crippen molar-refractivity contribution < 1.29 is 14.3 Å². The molecule has 1 aromatic heterocycles. The lowest BCUT2D eigenvalue weighted by Gasteiger charge is -2.28. The van der Waals surface area contributed by atoms with Crippen LogP contribution in [0.15, 0.2) is 65.0 Å². The topological polar surface area (TPSA) is 78.3 Å². The van der Waals surface area contributed by atoms with Gasteiger partial charge in [-0.3, -0.25) is 4.79 Å². The SMILES string of the molecule is CC(=O)C1=C(C)Nc2nc(SCc3ccccc3)nn2C1c1ccc2c(c1)OCCCO2. The number of thioether (sulfide) groups is 1. The maximum atomic E-state index is 12.6. The molecule has 5 rings (SSSR count). The van der Waals surface area contributed by atoms with E-state index in [1.807, 2.05) is 43.3 Å². The third-order valence-electron chi connectivity index (χ3n) is 5.51. The second kappa shape index (κ2) is 8.70. The number of fused-ring (bicyclic) bond motifs is 2. The zero-order valence-electron chi connectivity index (χ0n) is 18.0. The number of rotatable bonds is 5. The molecule has 2 aliphatic rings. The second-order valence-electron chi connectivity index (χ2n) is 7.82. The van der Waals surface area contributed by atoms with Crippen molar-refractivity contribution in [3.05, 3.63) is 70.9 Å². The maximum Gasteiger partial charge on any atom is 0.227 e. The van der Waals surface area contributed by atoms with Crippen LogP contribution in [-0.2, 0) is 10.5 Å². The molecule has 0 radical (unpaired) electrons. The van der Waals surface area contributed by atoms with Gasteiger partial charge in [-0.15, -0.1) is 5.10 Å². The molecule has 0 amide bonds. The predicted octanol–water partition coefficient (Wildman–Crippen LogP) is 4.61. The highest BCUT2D eigenvalue weighted by atomic mass is 32.2. The van der Waals surface area contributed by atoms with Crippen molar-refractivity contribution in [1.29, 1.82) is 0 Å². The Balaban J connectivity index is 1.51. The van der Waals surface area contributed by atoms with Crippen LogP contribution in [-0.4, -0.2) is 33.8 Å². The first-order valence-corrected chi connectivity index (χ1v) is 11.6. The summed E-state index contributed by atoms with van der Waals surface area (Å²) >= 11 is 1.57. The maximum absolute atomic E-state index is 12.6. The monoisotopic (exact) mass is 448 g/mol. The fourth-order valence-corrected chi connectivity index (χ4v) is 4.81. The molecule has 2 aromatic carbocycles. The number of carbonyl (C=O) groups excluding carboxylic acids is 1. The van der Waals surface area contributed by atoms with E-state index in [4.69, 9.17) is 19.6 Å². The Hall–Kier alpha value is -3.26. The van der Waals surface area contributed by atoms with E-state index < -0.39 is 0 Å². The predicted molar refractivity (Wildman–Crippen MR) is 123 cm³/mol. The Morgan fingerprint density at radius 1 is 1.16 bits per heavy atom. The number of nitrogens with one attached hydrogen (secondary N) is 1. The van der Waals surface area contributed by atoms with Gasteiger partial charge in [-0.2, -0.15) is 4.98 Å². The lowest BCUT2D eigenvalue weighted by atomic mass is 9.93. The highest BCUT2D eigenvalue weighted by Gasteiger charge is 2.33. The molecule has 3 heterocycles. The fraction of sp³-hybridized carbons (Fsp3) is 0.292. The zero-order chi connectivity index (χ0) is 22.1. The molecule has 0 saturated carbocycles. The lowest BCUT2D eigenvalue weighted by Crippen LogP contribution is -2.27. The number of aromatic nitrogens is 3. The summed E-state index contributed by atoms with van der Waals surface area (Å²) in [6.45, 7) is 4.73. The molecular weight excluding hydrogens is 424 g/mol. The van der Waals surface area contributed by atoms with Crippen molar-refractivity contribution in [2.24, 2.45) is 0 Å². The molecule has 0 aliphatic carbocycles. The van der Waals surface area contributed by atoms with Gasteiger partial charge in [-0.1, -0.05) is 48.2 Å². The molecule has 7 nitrogen and oxygen atoms in total. The van der Waals surface area contributed by atoms with Crippen LogP contribution in [0.4, 0.5) is 5.95 Å². The third-order valence-corrected chi connectivity index (χ3v) is 6.42. The van der Waals surface area contributed by atoms with Crippen LogP contribution in [0.1, 0.15) is 37.4 Å². The summed E-state index contributed by atoms with van der Waals surface area (Å²) in [6.07, 6.45) is 0.838. The molecule has 0 spiro atoms. The number of carbonyl (C=O) groups is 1. The number of benzene rings is 2. The summed E-state index contributed by atoms with van der Waals surface area (Å²) < 4.78 is 13.5.